The molecule has 9 nitrogen and oxygen atoms in total. The number of amides is 1. The SMILES string of the molecule is CCOC(=O)C1=C(C)NC(=S)N[C@@H]1c1ccccc1OCC(=O)NN=Cc1cc(Br)cc(I)c1OCc1ccccc1Cl. The van der Waals surface area contributed by atoms with Crippen LogP contribution in [0.15, 0.2) is 81.5 Å². The highest BCUT2D eigenvalue weighted by Gasteiger charge is 2.32. The molecule has 0 saturated heterocycles. The smallest absolute Gasteiger partial charge is 0.338 e. The second-order valence-electron chi connectivity index (χ2n) is 9.10. The number of hydrogen-bond donors (Lipinski definition) is 3. The number of carbonyl (C=O) groups excluding carboxylic acids is 2. The molecule has 3 N–H and O–H groups in total. The first kappa shape index (κ1) is 32.7. The van der Waals surface area contributed by atoms with E-state index in [0.29, 0.717) is 44.0 Å². The highest BCUT2D eigenvalue weighted by molar-refractivity contribution is 14.1. The topological polar surface area (TPSA) is 110 Å². The maximum atomic E-state index is 12.8. The van der Waals surface area contributed by atoms with Gasteiger partial charge in [0.2, 0.25) is 0 Å². The van der Waals surface area contributed by atoms with Crippen LogP contribution < -0.4 is 25.5 Å². The van der Waals surface area contributed by atoms with Crippen LogP contribution in [0.5, 0.6) is 11.5 Å². The van der Waals surface area contributed by atoms with Crippen LogP contribution in [0.25, 0.3) is 0 Å². The third kappa shape index (κ3) is 8.68. The standard InChI is InChI=1S/C30H27BrClIN4O5S/c1-3-40-29(39)26-17(2)35-30(43)36-27(26)21-9-5-7-11-24(21)41-16-25(38)37-34-14-19-12-20(31)13-23(33)28(19)42-15-18-8-4-6-10-22(18)32/h4-14,27H,3,15-16H2,1-2H3,(H,37,38)(H2,35,36,43)/t27-/m1/s1. The molecule has 1 atom stereocenters. The molecule has 0 fully saturated rings. The lowest BCUT2D eigenvalue weighted by molar-refractivity contribution is -0.139. The van der Waals surface area contributed by atoms with Crippen molar-refractivity contribution < 1.29 is 23.8 Å². The second kappa shape index (κ2) is 15.5. The average molecular weight is 798 g/mol. The molecule has 0 unspecified atom stereocenters. The van der Waals surface area contributed by atoms with Gasteiger partial charge in [0.25, 0.3) is 5.91 Å². The molecule has 3 aromatic rings. The summed E-state index contributed by atoms with van der Waals surface area (Å²) in [5.41, 5.74) is 5.55. The summed E-state index contributed by atoms with van der Waals surface area (Å²) in [7, 11) is 0. The highest BCUT2D eigenvalue weighted by atomic mass is 127. The summed E-state index contributed by atoms with van der Waals surface area (Å²) in [6.45, 7) is 3.65. The zero-order valence-corrected chi connectivity index (χ0v) is 28.4. The molecule has 0 saturated carbocycles. The van der Waals surface area contributed by atoms with Gasteiger partial charge < -0.3 is 24.8 Å². The number of carbonyl (C=O) groups is 2. The lowest BCUT2D eigenvalue weighted by Crippen LogP contribution is -2.45. The van der Waals surface area contributed by atoms with Crippen molar-refractivity contribution in [2.24, 2.45) is 5.10 Å². The predicted molar refractivity (Wildman–Crippen MR) is 181 cm³/mol. The van der Waals surface area contributed by atoms with Gasteiger partial charge in [-0.3, -0.25) is 4.79 Å². The summed E-state index contributed by atoms with van der Waals surface area (Å²) in [6.07, 6.45) is 1.50. The van der Waals surface area contributed by atoms with Crippen molar-refractivity contribution in [1.82, 2.24) is 16.1 Å². The number of ether oxygens (including phenoxy) is 3. The minimum atomic E-state index is -0.631. The Bertz CT molecular complexity index is 1600. The fraction of sp³-hybridized carbons (Fsp3) is 0.200. The molecule has 4 rings (SSSR count). The van der Waals surface area contributed by atoms with Crippen molar-refractivity contribution in [2.45, 2.75) is 26.5 Å². The van der Waals surface area contributed by atoms with Crippen LogP contribution in [0.3, 0.4) is 0 Å². The number of nitrogens with zero attached hydrogens (tertiary/aromatic N) is 1. The Balaban J connectivity index is 1.44. The molecule has 1 heterocycles. The molecule has 1 amide bonds. The maximum absolute atomic E-state index is 12.8. The van der Waals surface area contributed by atoms with Crippen LogP contribution in [0, 0.1) is 3.57 Å². The zero-order chi connectivity index (χ0) is 30.9. The van der Waals surface area contributed by atoms with E-state index < -0.39 is 17.9 Å². The summed E-state index contributed by atoms with van der Waals surface area (Å²) in [4.78, 5) is 25.4. The molecular formula is C30H27BrClIN4O5S. The van der Waals surface area contributed by atoms with E-state index in [1.807, 2.05) is 36.4 Å². The molecule has 13 heteroatoms. The normalized spacial score (nSPS) is 14.6. The van der Waals surface area contributed by atoms with Gasteiger partial charge in [0.15, 0.2) is 11.7 Å². The predicted octanol–water partition coefficient (Wildman–Crippen LogP) is 6.17. The van der Waals surface area contributed by atoms with Gasteiger partial charge in [-0.25, -0.2) is 10.2 Å². The molecule has 1 aliphatic heterocycles. The molecule has 224 valence electrons. The molecule has 0 bridgehead atoms. The molecule has 43 heavy (non-hydrogen) atoms. The first-order valence-corrected chi connectivity index (χ1v) is 15.7. The van der Waals surface area contributed by atoms with E-state index in [4.69, 9.17) is 38.0 Å². The van der Waals surface area contributed by atoms with E-state index >= 15 is 0 Å². The third-order valence-corrected chi connectivity index (χ3v) is 7.96. The number of benzene rings is 3. The summed E-state index contributed by atoms with van der Waals surface area (Å²) >= 11 is 17.3. The van der Waals surface area contributed by atoms with Crippen molar-refractivity contribution in [3.05, 3.63) is 102 Å². The minimum absolute atomic E-state index is 0.222. The monoisotopic (exact) mass is 796 g/mol. The molecule has 0 aliphatic carbocycles. The quantitative estimate of drug-likeness (QED) is 0.0696. The Hall–Kier alpha value is -3.20. The number of thiocarbonyl (C=S) groups is 1. The number of nitrogens with one attached hydrogen (secondary N) is 3. The Kier molecular flexibility index (Phi) is 11.8. The van der Waals surface area contributed by atoms with Crippen LogP contribution in [-0.4, -0.2) is 36.4 Å². The number of esters is 1. The highest BCUT2D eigenvalue weighted by Crippen LogP contribution is 2.34. The van der Waals surface area contributed by atoms with Gasteiger partial charge in [-0.2, -0.15) is 5.10 Å². The number of halogens is 3. The Morgan fingerprint density at radius 1 is 1.16 bits per heavy atom. The van der Waals surface area contributed by atoms with Gasteiger partial charge in [-0.05, 0) is 72.9 Å². The second-order valence-corrected chi connectivity index (χ2v) is 12.0. The number of hydrazone groups is 1. The van der Waals surface area contributed by atoms with E-state index in [-0.39, 0.29) is 19.8 Å². The molecule has 1 aliphatic rings. The fourth-order valence-electron chi connectivity index (χ4n) is 4.20. The van der Waals surface area contributed by atoms with Gasteiger partial charge in [-0.1, -0.05) is 63.9 Å². The fourth-order valence-corrected chi connectivity index (χ4v) is 6.37. The van der Waals surface area contributed by atoms with Crippen molar-refractivity contribution in [1.29, 1.82) is 0 Å². The van der Waals surface area contributed by atoms with Crippen LogP contribution in [0.4, 0.5) is 0 Å². The average Bonchev–Trinajstić information content (AvgIpc) is 2.96. The number of para-hydroxylation sites is 1. The zero-order valence-electron chi connectivity index (χ0n) is 23.1. The summed E-state index contributed by atoms with van der Waals surface area (Å²) in [6, 6.07) is 17.7. The van der Waals surface area contributed by atoms with E-state index in [0.717, 1.165) is 13.6 Å². The van der Waals surface area contributed by atoms with Gasteiger partial charge in [0.05, 0.1) is 28.0 Å². The van der Waals surface area contributed by atoms with Crippen LogP contribution in [-0.2, 0) is 20.9 Å². The van der Waals surface area contributed by atoms with Gasteiger partial charge in [0, 0.05) is 31.9 Å². The lowest BCUT2D eigenvalue weighted by atomic mass is 9.95. The van der Waals surface area contributed by atoms with Crippen LogP contribution in [0.1, 0.15) is 36.6 Å². The van der Waals surface area contributed by atoms with Crippen LogP contribution >= 0.6 is 62.3 Å². The summed E-state index contributed by atoms with van der Waals surface area (Å²) < 4.78 is 18.9. The molecule has 0 radical (unpaired) electrons. The Morgan fingerprint density at radius 2 is 1.91 bits per heavy atom. The third-order valence-electron chi connectivity index (χ3n) is 6.11. The maximum Gasteiger partial charge on any atom is 0.338 e. The van der Waals surface area contributed by atoms with E-state index in [9.17, 15) is 9.59 Å². The van der Waals surface area contributed by atoms with Crippen LogP contribution in [0.2, 0.25) is 5.02 Å². The summed E-state index contributed by atoms with van der Waals surface area (Å²) in [5, 5.41) is 11.2. The van der Waals surface area contributed by atoms with E-state index in [1.54, 1.807) is 38.1 Å². The molecule has 0 spiro atoms. The van der Waals surface area contributed by atoms with Crippen molar-refractivity contribution in [2.75, 3.05) is 13.2 Å². The van der Waals surface area contributed by atoms with Gasteiger partial charge in [0.1, 0.15) is 18.1 Å². The Labute approximate surface area is 281 Å². The van der Waals surface area contributed by atoms with Crippen molar-refractivity contribution in [3.8, 4) is 11.5 Å². The van der Waals surface area contributed by atoms with Crippen molar-refractivity contribution in [3.63, 3.8) is 0 Å². The van der Waals surface area contributed by atoms with E-state index in [2.05, 4.69) is 59.7 Å². The van der Waals surface area contributed by atoms with Gasteiger partial charge in [-0.15, -0.1) is 0 Å². The molecular weight excluding hydrogens is 771 g/mol. The number of hydrogen-bond acceptors (Lipinski definition) is 7. The number of rotatable bonds is 11. The van der Waals surface area contributed by atoms with E-state index in [1.165, 1.54) is 6.21 Å². The Morgan fingerprint density at radius 3 is 2.67 bits per heavy atom. The first-order chi connectivity index (χ1) is 20.7. The number of allylic oxidation sites excluding steroid dienone is 1. The first-order valence-electron chi connectivity index (χ1n) is 13.0. The van der Waals surface area contributed by atoms with Crippen molar-refractivity contribution >= 4 is 85.5 Å². The lowest BCUT2D eigenvalue weighted by Gasteiger charge is -2.30. The molecule has 3 aromatic carbocycles. The van der Waals surface area contributed by atoms with Gasteiger partial charge >= 0.3 is 5.97 Å². The molecule has 0 aromatic heterocycles. The largest absolute Gasteiger partial charge is 0.487 e. The minimum Gasteiger partial charge on any atom is -0.487 e. The summed E-state index contributed by atoms with van der Waals surface area (Å²) in [5.74, 6) is 0.0301.